The van der Waals surface area contributed by atoms with Gasteiger partial charge in [-0.25, -0.2) is 4.98 Å². The van der Waals surface area contributed by atoms with E-state index < -0.39 is 5.97 Å². The summed E-state index contributed by atoms with van der Waals surface area (Å²) in [7, 11) is 0. The molecule has 5 heteroatoms. The predicted molar refractivity (Wildman–Crippen MR) is 80.3 cm³/mol. The summed E-state index contributed by atoms with van der Waals surface area (Å²) in [6, 6.07) is 9.39. The van der Waals surface area contributed by atoms with Gasteiger partial charge in [-0.2, -0.15) is 0 Å². The lowest BCUT2D eigenvalue weighted by molar-refractivity contribution is -0.135. The molecule has 0 fully saturated rings. The van der Waals surface area contributed by atoms with Crippen LogP contribution in [-0.4, -0.2) is 22.6 Å². The van der Waals surface area contributed by atoms with Gasteiger partial charge < -0.3 is 14.4 Å². The van der Waals surface area contributed by atoms with E-state index in [1.54, 1.807) is 11.1 Å². The van der Waals surface area contributed by atoms with E-state index in [0.29, 0.717) is 12.4 Å². The number of para-hydroxylation sites is 1. The fraction of sp³-hybridized carbons (Fsp3) is 0.375. The fourth-order valence-electron chi connectivity index (χ4n) is 1.93. The van der Waals surface area contributed by atoms with Crippen molar-refractivity contribution in [2.45, 2.75) is 32.7 Å². The Labute approximate surface area is 124 Å². The zero-order valence-electron chi connectivity index (χ0n) is 12.5. The molecule has 0 atom stereocenters. The molecular formula is C16H20N2O3. The molecule has 0 saturated heterocycles. The highest BCUT2D eigenvalue weighted by Gasteiger charge is 2.20. The van der Waals surface area contributed by atoms with E-state index in [9.17, 15) is 4.79 Å². The maximum Gasteiger partial charge on any atom is 0.323 e. The molecule has 1 aromatic heterocycles. The Hall–Kier alpha value is -2.30. The molecule has 112 valence electrons. The summed E-state index contributed by atoms with van der Waals surface area (Å²) >= 11 is 0. The highest BCUT2D eigenvalue weighted by Crippen LogP contribution is 2.24. The quantitative estimate of drug-likeness (QED) is 0.916. The van der Waals surface area contributed by atoms with E-state index in [1.165, 1.54) is 0 Å². The van der Waals surface area contributed by atoms with Crippen LogP contribution < -0.4 is 4.90 Å². The van der Waals surface area contributed by atoms with Gasteiger partial charge in [-0.3, -0.25) is 4.79 Å². The number of hydrogen-bond acceptors (Lipinski definition) is 4. The van der Waals surface area contributed by atoms with Gasteiger partial charge in [0.15, 0.2) is 0 Å². The molecule has 0 amide bonds. The molecule has 0 bridgehead atoms. The Morgan fingerprint density at radius 2 is 1.95 bits per heavy atom. The number of anilines is 1. The van der Waals surface area contributed by atoms with Crippen molar-refractivity contribution in [1.82, 2.24) is 4.98 Å². The van der Waals surface area contributed by atoms with Gasteiger partial charge in [0, 0.05) is 11.1 Å². The molecule has 0 saturated carbocycles. The Morgan fingerprint density at radius 3 is 2.48 bits per heavy atom. The fourth-order valence-corrected chi connectivity index (χ4v) is 1.93. The molecule has 5 nitrogen and oxygen atoms in total. The maximum atomic E-state index is 11.0. The lowest BCUT2D eigenvalue weighted by Crippen LogP contribution is -2.29. The first-order valence-electron chi connectivity index (χ1n) is 6.83. The second kappa shape index (κ2) is 5.99. The third kappa shape index (κ3) is 4.08. The van der Waals surface area contributed by atoms with Crippen LogP contribution in [0.5, 0.6) is 0 Å². The Kier molecular flexibility index (Phi) is 4.31. The number of hydrogen-bond donors (Lipinski definition) is 1. The van der Waals surface area contributed by atoms with E-state index in [-0.39, 0.29) is 12.0 Å². The van der Waals surface area contributed by atoms with Gasteiger partial charge >= 0.3 is 5.97 Å². The molecule has 0 aliphatic heterocycles. The van der Waals surface area contributed by atoms with Gasteiger partial charge in [-0.1, -0.05) is 39.0 Å². The third-order valence-corrected chi connectivity index (χ3v) is 3.07. The minimum atomic E-state index is -0.888. The normalized spacial score (nSPS) is 11.4. The van der Waals surface area contributed by atoms with Crippen molar-refractivity contribution < 1.29 is 14.3 Å². The lowest BCUT2D eigenvalue weighted by atomic mass is 9.94. The van der Waals surface area contributed by atoms with Crippen LogP contribution in [0, 0.1) is 0 Å². The van der Waals surface area contributed by atoms with Crippen LogP contribution in [0.1, 0.15) is 32.4 Å². The van der Waals surface area contributed by atoms with E-state index in [2.05, 4.69) is 4.98 Å². The molecule has 0 radical (unpaired) electrons. The minimum absolute atomic E-state index is 0.1000. The summed E-state index contributed by atoms with van der Waals surface area (Å²) in [6.45, 7) is 6.36. The van der Waals surface area contributed by atoms with Gasteiger partial charge in [0.1, 0.15) is 12.3 Å². The zero-order valence-corrected chi connectivity index (χ0v) is 12.5. The van der Waals surface area contributed by atoms with E-state index in [4.69, 9.17) is 9.52 Å². The molecule has 0 aliphatic carbocycles. The van der Waals surface area contributed by atoms with Crippen LogP contribution in [-0.2, 0) is 16.8 Å². The standard InChI is InChI=1S/C16H20N2O3/c1-16(2,3)13-9-17-14(21-13)10-18(11-15(19)20)12-7-5-4-6-8-12/h4-9H,10-11H2,1-3H3,(H,19,20). The largest absolute Gasteiger partial charge is 0.480 e. The number of carboxylic acid groups (broad SMARTS) is 1. The second-order valence-electron chi connectivity index (χ2n) is 5.95. The first-order valence-corrected chi connectivity index (χ1v) is 6.83. The first kappa shape index (κ1) is 15.1. The summed E-state index contributed by atoms with van der Waals surface area (Å²) in [5.74, 6) is 0.423. The highest BCUT2D eigenvalue weighted by molar-refractivity contribution is 5.73. The zero-order chi connectivity index (χ0) is 15.5. The molecule has 0 unspecified atom stereocenters. The van der Waals surface area contributed by atoms with Crippen LogP contribution in [0.15, 0.2) is 40.9 Å². The number of nitrogens with zero attached hydrogens (tertiary/aromatic N) is 2. The van der Waals surface area contributed by atoms with E-state index in [1.807, 2.05) is 51.1 Å². The Bertz CT molecular complexity index is 599. The van der Waals surface area contributed by atoms with Crippen molar-refractivity contribution in [1.29, 1.82) is 0 Å². The van der Waals surface area contributed by atoms with Crippen LogP contribution in [0.25, 0.3) is 0 Å². The third-order valence-electron chi connectivity index (χ3n) is 3.07. The van der Waals surface area contributed by atoms with Crippen molar-refractivity contribution in [3.63, 3.8) is 0 Å². The van der Waals surface area contributed by atoms with Gasteiger partial charge in [0.05, 0.1) is 12.7 Å². The molecule has 1 heterocycles. The van der Waals surface area contributed by atoms with Crippen molar-refractivity contribution in [3.05, 3.63) is 48.2 Å². The molecule has 0 aliphatic rings. The summed E-state index contributed by atoms with van der Waals surface area (Å²) in [4.78, 5) is 17.0. The molecule has 1 N–H and O–H groups in total. The first-order chi connectivity index (χ1) is 9.86. The second-order valence-corrected chi connectivity index (χ2v) is 5.95. The predicted octanol–water partition coefficient (Wildman–Crippen LogP) is 3.06. The average Bonchev–Trinajstić information content (AvgIpc) is 2.87. The van der Waals surface area contributed by atoms with Crippen LogP contribution in [0.3, 0.4) is 0 Å². The summed E-state index contributed by atoms with van der Waals surface area (Å²) in [5, 5.41) is 9.07. The molecule has 2 aromatic rings. The number of benzene rings is 1. The van der Waals surface area contributed by atoms with Gasteiger partial charge in [0.25, 0.3) is 0 Å². The lowest BCUT2D eigenvalue weighted by Gasteiger charge is -2.21. The number of oxazole rings is 1. The summed E-state index contributed by atoms with van der Waals surface area (Å²) in [5.41, 5.74) is 0.714. The Morgan fingerprint density at radius 1 is 1.29 bits per heavy atom. The van der Waals surface area contributed by atoms with E-state index in [0.717, 1.165) is 11.4 Å². The highest BCUT2D eigenvalue weighted by atomic mass is 16.4. The SMILES string of the molecule is CC(C)(C)c1cnc(CN(CC(=O)O)c2ccccc2)o1. The number of carbonyl (C=O) groups is 1. The van der Waals surface area contributed by atoms with Gasteiger partial charge in [-0.05, 0) is 12.1 Å². The van der Waals surface area contributed by atoms with Crippen molar-refractivity contribution >= 4 is 11.7 Å². The number of aliphatic carboxylic acids is 1. The van der Waals surface area contributed by atoms with Crippen LogP contribution in [0.2, 0.25) is 0 Å². The molecule has 1 aromatic carbocycles. The van der Waals surface area contributed by atoms with Gasteiger partial charge in [-0.15, -0.1) is 0 Å². The summed E-state index contributed by atoms with van der Waals surface area (Å²) in [6.07, 6.45) is 1.71. The minimum Gasteiger partial charge on any atom is -0.480 e. The molecule has 21 heavy (non-hydrogen) atoms. The topological polar surface area (TPSA) is 66.6 Å². The van der Waals surface area contributed by atoms with Crippen molar-refractivity contribution in [2.75, 3.05) is 11.4 Å². The van der Waals surface area contributed by atoms with Crippen molar-refractivity contribution in [2.24, 2.45) is 0 Å². The average molecular weight is 288 g/mol. The summed E-state index contributed by atoms with van der Waals surface area (Å²) < 4.78 is 5.74. The van der Waals surface area contributed by atoms with Crippen LogP contribution >= 0.6 is 0 Å². The number of aromatic nitrogens is 1. The maximum absolute atomic E-state index is 11.0. The van der Waals surface area contributed by atoms with E-state index >= 15 is 0 Å². The molecule has 2 rings (SSSR count). The van der Waals surface area contributed by atoms with Crippen molar-refractivity contribution in [3.8, 4) is 0 Å². The van der Waals surface area contributed by atoms with Crippen LogP contribution in [0.4, 0.5) is 5.69 Å². The molecule has 0 spiro atoms. The Balaban J connectivity index is 2.19. The smallest absolute Gasteiger partial charge is 0.323 e. The number of carboxylic acids is 1. The molecular weight excluding hydrogens is 268 g/mol. The monoisotopic (exact) mass is 288 g/mol. The van der Waals surface area contributed by atoms with Gasteiger partial charge in [0.2, 0.25) is 5.89 Å². The number of rotatable bonds is 5.